The Balaban J connectivity index is 2.31. The summed E-state index contributed by atoms with van der Waals surface area (Å²) in [5.74, 6) is 0.470. The predicted molar refractivity (Wildman–Crippen MR) is 81.6 cm³/mol. The summed E-state index contributed by atoms with van der Waals surface area (Å²) in [5.41, 5.74) is 1.79. The first-order valence-electron chi connectivity index (χ1n) is 6.66. The number of anilines is 2. The van der Waals surface area contributed by atoms with Crippen molar-refractivity contribution in [1.29, 1.82) is 0 Å². The minimum atomic E-state index is -0.961. The molecule has 1 aromatic heterocycles. The number of aromatic nitrogens is 1. The average Bonchev–Trinajstić information content (AvgIpc) is 2.47. The van der Waals surface area contributed by atoms with Crippen molar-refractivity contribution in [1.82, 2.24) is 4.98 Å². The van der Waals surface area contributed by atoms with Gasteiger partial charge in [0.1, 0.15) is 11.6 Å². The van der Waals surface area contributed by atoms with Crippen LogP contribution in [0, 0.1) is 0 Å². The zero-order valence-electron chi connectivity index (χ0n) is 12.3. The maximum atomic E-state index is 11.2. The second-order valence-corrected chi connectivity index (χ2v) is 4.98. The van der Waals surface area contributed by atoms with Crippen molar-refractivity contribution in [3.8, 4) is 5.75 Å². The fourth-order valence-electron chi connectivity index (χ4n) is 1.86. The first-order chi connectivity index (χ1) is 9.99. The first-order valence-corrected chi connectivity index (χ1v) is 6.66. The first kappa shape index (κ1) is 14.8. The number of benzene rings is 1. The number of nitrogens with zero attached hydrogens (tertiary/aromatic N) is 1. The van der Waals surface area contributed by atoms with Crippen LogP contribution in [-0.2, 0) is 0 Å². The summed E-state index contributed by atoms with van der Waals surface area (Å²) < 4.78 is 5.10. The van der Waals surface area contributed by atoms with Crippen LogP contribution in [-0.4, -0.2) is 23.2 Å². The van der Waals surface area contributed by atoms with E-state index in [2.05, 4.69) is 10.3 Å². The van der Waals surface area contributed by atoms with Crippen LogP contribution in [0.3, 0.4) is 0 Å². The lowest BCUT2D eigenvalue weighted by atomic mass is 10.1. The van der Waals surface area contributed by atoms with E-state index in [-0.39, 0.29) is 11.5 Å². The molecular weight excluding hydrogens is 268 g/mol. The Morgan fingerprint density at radius 2 is 1.90 bits per heavy atom. The highest BCUT2D eigenvalue weighted by atomic mass is 16.5. The predicted octanol–water partition coefficient (Wildman–Crippen LogP) is 3.66. The Hall–Kier alpha value is -2.56. The highest BCUT2D eigenvalue weighted by Gasteiger charge is 2.11. The number of carboxylic acid groups (broad SMARTS) is 1. The number of methoxy groups -OCH3 is 1. The minimum Gasteiger partial charge on any atom is -0.497 e. The third-order valence-corrected chi connectivity index (χ3v) is 3.05. The summed E-state index contributed by atoms with van der Waals surface area (Å²) >= 11 is 0. The van der Waals surface area contributed by atoms with Crippen molar-refractivity contribution in [2.24, 2.45) is 0 Å². The van der Waals surface area contributed by atoms with Gasteiger partial charge in [0.25, 0.3) is 0 Å². The lowest BCUT2D eigenvalue weighted by molar-refractivity contribution is 0.0696. The van der Waals surface area contributed by atoms with Crippen LogP contribution < -0.4 is 10.1 Å². The van der Waals surface area contributed by atoms with Gasteiger partial charge in [-0.3, -0.25) is 0 Å². The van der Waals surface area contributed by atoms with Gasteiger partial charge in [-0.1, -0.05) is 13.8 Å². The quantitative estimate of drug-likeness (QED) is 0.877. The number of hydrogen-bond acceptors (Lipinski definition) is 4. The summed E-state index contributed by atoms with van der Waals surface area (Å²) in [6.45, 7) is 3.95. The van der Waals surface area contributed by atoms with Crippen LogP contribution in [0.15, 0.2) is 36.4 Å². The van der Waals surface area contributed by atoms with Crippen molar-refractivity contribution in [3.05, 3.63) is 47.7 Å². The molecule has 1 aromatic carbocycles. The van der Waals surface area contributed by atoms with Gasteiger partial charge in [0.2, 0.25) is 0 Å². The van der Waals surface area contributed by atoms with Gasteiger partial charge in [0.05, 0.1) is 12.7 Å². The van der Waals surface area contributed by atoms with E-state index in [1.165, 1.54) is 6.07 Å². The molecule has 0 saturated carbocycles. The van der Waals surface area contributed by atoms with Gasteiger partial charge in [-0.05, 0) is 42.3 Å². The van der Waals surface area contributed by atoms with E-state index in [0.717, 1.165) is 17.1 Å². The lowest BCUT2D eigenvalue weighted by Crippen LogP contribution is -2.04. The Kier molecular flexibility index (Phi) is 4.42. The molecule has 2 rings (SSSR count). The monoisotopic (exact) mass is 286 g/mol. The van der Waals surface area contributed by atoms with Crippen molar-refractivity contribution >= 4 is 17.5 Å². The fraction of sp³-hybridized carbons (Fsp3) is 0.250. The molecule has 0 bridgehead atoms. The maximum absolute atomic E-state index is 11.2. The topological polar surface area (TPSA) is 71.5 Å². The summed E-state index contributed by atoms with van der Waals surface area (Å²) in [5, 5.41) is 12.3. The van der Waals surface area contributed by atoms with Crippen molar-refractivity contribution in [2.75, 3.05) is 12.4 Å². The number of ether oxygens (including phenoxy) is 1. The third-order valence-electron chi connectivity index (χ3n) is 3.05. The Bertz CT molecular complexity index is 636. The number of pyridine rings is 1. The second-order valence-electron chi connectivity index (χ2n) is 4.98. The summed E-state index contributed by atoms with van der Waals surface area (Å²) in [6.07, 6.45) is 0. The van der Waals surface area contributed by atoms with Gasteiger partial charge in [0, 0.05) is 11.4 Å². The number of hydrogen-bond donors (Lipinski definition) is 2. The molecule has 2 N–H and O–H groups in total. The standard InChI is InChI=1S/C16H18N2O3/c1-10(2)14-8-11(16(19)20)9-15(18-14)17-12-4-6-13(21-3)7-5-12/h4-10H,1-3H3,(H,17,18)(H,19,20). The minimum absolute atomic E-state index is 0.153. The smallest absolute Gasteiger partial charge is 0.335 e. The van der Waals surface area contributed by atoms with Crippen LogP contribution in [0.2, 0.25) is 0 Å². The van der Waals surface area contributed by atoms with E-state index >= 15 is 0 Å². The van der Waals surface area contributed by atoms with Gasteiger partial charge in [0.15, 0.2) is 0 Å². The van der Waals surface area contributed by atoms with E-state index in [9.17, 15) is 9.90 Å². The summed E-state index contributed by atoms with van der Waals surface area (Å²) in [6, 6.07) is 10.5. The van der Waals surface area contributed by atoms with Crippen molar-refractivity contribution in [3.63, 3.8) is 0 Å². The molecule has 1 heterocycles. The molecule has 2 aromatic rings. The van der Waals surface area contributed by atoms with Crippen molar-refractivity contribution in [2.45, 2.75) is 19.8 Å². The highest BCUT2D eigenvalue weighted by Crippen LogP contribution is 2.22. The van der Waals surface area contributed by atoms with Gasteiger partial charge in [-0.15, -0.1) is 0 Å². The molecule has 0 unspecified atom stereocenters. The Morgan fingerprint density at radius 1 is 1.24 bits per heavy atom. The number of rotatable bonds is 5. The van der Waals surface area contributed by atoms with E-state index in [1.807, 2.05) is 38.1 Å². The average molecular weight is 286 g/mol. The van der Waals surface area contributed by atoms with Crippen LogP contribution in [0.25, 0.3) is 0 Å². The molecule has 0 spiro atoms. The van der Waals surface area contributed by atoms with Crippen LogP contribution >= 0.6 is 0 Å². The van der Waals surface area contributed by atoms with Gasteiger partial charge in [-0.2, -0.15) is 0 Å². The van der Waals surface area contributed by atoms with Crippen LogP contribution in [0.5, 0.6) is 5.75 Å². The normalized spacial score (nSPS) is 10.5. The van der Waals surface area contributed by atoms with Gasteiger partial charge in [-0.25, -0.2) is 9.78 Å². The number of aromatic carboxylic acids is 1. The second kappa shape index (κ2) is 6.26. The molecule has 0 fully saturated rings. The van der Waals surface area contributed by atoms with Gasteiger partial charge < -0.3 is 15.2 Å². The zero-order valence-corrected chi connectivity index (χ0v) is 12.3. The Labute approximate surface area is 123 Å². The molecule has 110 valence electrons. The molecular formula is C16H18N2O3. The molecule has 5 nitrogen and oxygen atoms in total. The van der Waals surface area contributed by atoms with Crippen molar-refractivity contribution < 1.29 is 14.6 Å². The molecule has 0 amide bonds. The highest BCUT2D eigenvalue weighted by molar-refractivity contribution is 5.88. The maximum Gasteiger partial charge on any atom is 0.335 e. The summed E-state index contributed by atoms with van der Waals surface area (Å²) in [4.78, 5) is 15.6. The molecule has 0 saturated heterocycles. The van der Waals surface area contributed by atoms with Gasteiger partial charge >= 0.3 is 5.97 Å². The van der Waals surface area contributed by atoms with E-state index < -0.39 is 5.97 Å². The van der Waals surface area contributed by atoms with E-state index in [1.54, 1.807) is 13.2 Å². The molecule has 0 atom stereocenters. The molecule has 0 aliphatic heterocycles. The molecule has 0 radical (unpaired) electrons. The van der Waals surface area contributed by atoms with E-state index in [0.29, 0.717) is 5.82 Å². The number of carbonyl (C=O) groups is 1. The van der Waals surface area contributed by atoms with Crippen LogP contribution in [0.1, 0.15) is 35.8 Å². The van der Waals surface area contributed by atoms with Crippen LogP contribution in [0.4, 0.5) is 11.5 Å². The largest absolute Gasteiger partial charge is 0.497 e. The molecule has 0 aliphatic carbocycles. The fourth-order valence-corrected chi connectivity index (χ4v) is 1.86. The number of nitrogens with one attached hydrogen (secondary N) is 1. The third kappa shape index (κ3) is 3.72. The van der Waals surface area contributed by atoms with E-state index in [4.69, 9.17) is 4.74 Å². The molecule has 21 heavy (non-hydrogen) atoms. The summed E-state index contributed by atoms with van der Waals surface area (Å²) in [7, 11) is 1.61. The Morgan fingerprint density at radius 3 is 2.43 bits per heavy atom. The molecule has 0 aliphatic rings. The SMILES string of the molecule is COc1ccc(Nc2cc(C(=O)O)cc(C(C)C)n2)cc1. The zero-order chi connectivity index (χ0) is 15.4. The molecule has 5 heteroatoms. The lowest BCUT2D eigenvalue weighted by Gasteiger charge is -2.11. The number of carboxylic acids is 1.